The lowest BCUT2D eigenvalue weighted by Crippen LogP contribution is -2.16. The van der Waals surface area contributed by atoms with Gasteiger partial charge in [-0.2, -0.15) is 5.10 Å². The summed E-state index contributed by atoms with van der Waals surface area (Å²) in [5.74, 6) is -0.124. The number of nitrogens with zero attached hydrogens (tertiary/aromatic N) is 3. The van der Waals surface area contributed by atoms with Gasteiger partial charge in [-0.25, -0.2) is 9.07 Å². The van der Waals surface area contributed by atoms with Gasteiger partial charge in [0.05, 0.1) is 11.4 Å². The first-order valence-electron chi connectivity index (χ1n) is 8.90. The van der Waals surface area contributed by atoms with Gasteiger partial charge in [-0.1, -0.05) is 23.8 Å². The Morgan fingerprint density at radius 3 is 2.39 bits per heavy atom. The fourth-order valence-electron chi connectivity index (χ4n) is 3.12. The summed E-state index contributed by atoms with van der Waals surface area (Å²) in [6.07, 6.45) is 3.72. The Morgan fingerprint density at radius 2 is 1.71 bits per heavy atom. The fraction of sp³-hybridized carbons (Fsp3) is 0.0909. The monoisotopic (exact) mass is 374 g/mol. The van der Waals surface area contributed by atoms with E-state index >= 15 is 0 Å². The summed E-state index contributed by atoms with van der Waals surface area (Å²) in [4.78, 5) is 13.1. The van der Waals surface area contributed by atoms with Gasteiger partial charge in [0.2, 0.25) is 0 Å². The Morgan fingerprint density at radius 1 is 1.00 bits per heavy atom. The van der Waals surface area contributed by atoms with Crippen LogP contribution in [0, 0.1) is 19.7 Å². The number of anilines is 1. The quantitative estimate of drug-likeness (QED) is 0.564. The van der Waals surface area contributed by atoms with Crippen LogP contribution in [0.4, 0.5) is 10.1 Å². The average molecular weight is 374 g/mol. The van der Waals surface area contributed by atoms with E-state index in [4.69, 9.17) is 0 Å². The standard InChI is InChI=1S/C22H19FN4O/c1-15-8-10-19(11-9-15)27-22(26-12-3-4-13-26)20(16(2)25-27)21(28)24-18-7-5-6-17(23)14-18/h3-14H,1-2H3,(H,24,28). The highest BCUT2D eigenvalue weighted by Crippen LogP contribution is 2.24. The van der Waals surface area contributed by atoms with Crippen molar-refractivity contribution in [3.8, 4) is 11.5 Å². The number of aromatic nitrogens is 3. The molecule has 2 heterocycles. The maximum atomic E-state index is 13.5. The van der Waals surface area contributed by atoms with Crippen molar-refractivity contribution in [2.45, 2.75) is 13.8 Å². The highest BCUT2D eigenvalue weighted by molar-refractivity contribution is 6.07. The molecular formula is C22H19FN4O. The van der Waals surface area contributed by atoms with Crippen LogP contribution in [0.3, 0.4) is 0 Å². The predicted molar refractivity (Wildman–Crippen MR) is 107 cm³/mol. The van der Waals surface area contributed by atoms with Crippen LogP contribution in [0.25, 0.3) is 11.5 Å². The van der Waals surface area contributed by atoms with Gasteiger partial charge in [-0.05, 0) is 56.3 Å². The molecule has 0 fully saturated rings. The van der Waals surface area contributed by atoms with Crippen LogP contribution in [0.2, 0.25) is 0 Å². The number of halogens is 1. The molecule has 4 aromatic rings. The molecule has 0 saturated heterocycles. The van der Waals surface area contributed by atoms with Gasteiger partial charge in [-0.3, -0.25) is 4.79 Å². The SMILES string of the molecule is Cc1ccc(-n2nc(C)c(C(=O)Nc3cccc(F)c3)c2-n2cccc2)cc1. The third kappa shape index (κ3) is 3.32. The topological polar surface area (TPSA) is 51.9 Å². The maximum Gasteiger partial charge on any atom is 0.261 e. The number of amides is 1. The molecule has 0 aliphatic rings. The smallest absolute Gasteiger partial charge is 0.261 e. The van der Waals surface area contributed by atoms with Crippen molar-refractivity contribution < 1.29 is 9.18 Å². The number of hydrogen-bond donors (Lipinski definition) is 1. The van der Waals surface area contributed by atoms with Gasteiger partial charge < -0.3 is 9.88 Å². The molecule has 140 valence electrons. The molecule has 5 nitrogen and oxygen atoms in total. The second-order valence-corrected chi connectivity index (χ2v) is 6.59. The van der Waals surface area contributed by atoms with E-state index in [9.17, 15) is 9.18 Å². The minimum absolute atomic E-state index is 0.342. The van der Waals surface area contributed by atoms with Gasteiger partial charge in [0, 0.05) is 18.1 Å². The molecule has 0 unspecified atom stereocenters. The molecule has 1 amide bonds. The molecule has 0 spiro atoms. The zero-order valence-electron chi connectivity index (χ0n) is 15.6. The number of hydrogen-bond acceptors (Lipinski definition) is 2. The van der Waals surface area contributed by atoms with Gasteiger partial charge in [-0.15, -0.1) is 0 Å². The highest BCUT2D eigenvalue weighted by atomic mass is 19.1. The van der Waals surface area contributed by atoms with Crippen LogP contribution in [-0.2, 0) is 0 Å². The molecule has 6 heteroatoms. The van der Waals surface area contributed by atoms with E-state index in [0.29, 0.717) is 22.8 Å². The van der Waals surface area contributed by atoms with Crippen molar-refractivity contribution in [2.75, 3.05) is 5.32 Å². The summed E-state index contributed by atoms with van der Waals surface area (Å²) in [5, 5.41) is 7.38. The van der Waals surface area contributed by atoms with Crippen LogP contribution in [0.5, 0.6) is 0 Å². The second-order valence-electron chi connectivity index (χ2n) is 6.59. The van der Waals surface area contributed by atoms with Crippen LogP contribution < -0.4 is 5.32 Å². The van der Waals surface area contributed by atoms with Crippen LogP contribution >= 0.6 is 0 Å². The van der Waals surface area contributed by atoms with Crippen molar-refractivity contribution in [1.82, 2.24) is 14.3 Å². The Bertz CT molecular complexity index is 1130. The van der Waals surface area contributed by atoms with Gasteiger partial charge in [0.1, 0.15) is 11.4 Å². The van der Waals surface area contributed by atoms with E-state index in [0.717, 1.165) is 11.3 Å². The molecule has 2 aromatic carbocycles. The maximum absolute atomic E-state index is 13.5. The van der Waals surface area contributed by atoms with E-state index in [-0.39, 0.29) is 5.91 Å². The number of aryl methyl sites for hydroxylation is 2. The van der Waals surface area contributed by atoms with Gasteiger partial charge in [0.15, 0.2) is 5.82 Å². The Kier molecular flexibility index (Phi) is 4.53. The Labute approximate surface area is 162 Å². The predicted octanol–water partition coefficient (Wildman–Crippen LogP) is 4.67. The minimum atomic E-state index is -0.407. The molecule has 0 saturated carbocycles. The van der Waals surface area contributed by atoms with Crippen LogP contribution in [-0.4, -0.2) is 20.3 Å². The lowest BCUT2D eigenvalue weighted by atomic mass is 10.2. The molecule has 1 N–H and O–H groups in total. The van der Waals surface area contributed by atoms with Crippen molar-refractivity contribution in [1.29, 1.82) is 0 Å². The second kappa shape index (κ2) is 7.15. The van der Waals surface area contributed by atoms with Crippen LogP contribution in [0.15, 0.2) is 73.1 Å². The number of nitrogens with one attached hydrogen (secondary N) is 1. The Hall–Kier alpha value is -3.67. The van der Waals surface area contributed by atoms with Crippen molar-refractivity contribution >= 4 is 11.6 Å². The summed E-state index contributed by atoms with van der Waals surface area (Å²) < 4.78 is 17.1. The third-order valence-electron chi connectivity index (χ3n) is 4.47. The zero-order chi connectivity index (χ0) is 19.7. The van der Waals surface area contributed by atoms with E-state index in [2.05, 4.69) is 10.4 Å². The van der Waals surface area contributed by atoms with Crippen molar-refractivity contribution in [2.24, 2.45) is 0 Å². The van der Waals surface area contributed by atoms with E-state index in [1.165, 1.54) is 12.1 Å². The molecule has 2 aromatic heterocycles. The molecule has 0 radical (unpaired) electrons. The lowest BCUT2D eigenvalue weighted by Gasteiger charge is -2.11. The first kappa shape index (κ1) is 17.7. The molecule has 0 bridgehead atoms. The Balaban J connectivity index is 1.83. The van der Waals surface area contributed by atoms with Gasteiger partial charge in [0.25, 0.3) is 5.91 Å². The van der Waals surface area contributed by atoms with Crippen molar-refractivity contribution in [3.63, 3.8) is 0 Å². The average Bonchev–Trinajstić information content (AvgIpc) is 3.30. The molecular weight excluding hydrogens is 355 g/mol. The molecule has 0 aliphatic carbocycles. The summed E-state index contributed by atoms with van der Waals surface area (Å²) in [6, 6.07) is 17.5. The number of carbonyl (C=O) groups is 1. The molecule has 0 atom stereocenters. The lowest BCUT2D eigenvalue weighted by molar-refractivity contribution is 0.102. The summed E-state index contributed by atoms with van der Waals surface area (Å²) in [7, 11) is 0. The van der Waals surface area contributed by atoms with E-state index in [1.807, 2.05) is 60.3 Å². The third-order valence-corrected chi connectivity index (χ3v) is 4.47. The van der Waals surface area contributed by atoms with Crippen LogP contribution in [0.1, 0.15) is 21.6 Å². The number of rotatable bonds is 4. The largest absolute Gasteiger partial charge is 0.322 e. The number of carbonyl (C=O) groups excluding carboxylic acids is 1. The molecule has 0 aliphatic heterocycles. The minimum Gasteiger partial charge on any atom is -0.322 e. The first-order chi connectivity index (χ1) is 13.5. The van der Waals surface area contributed by atoms with E-state index in [1.54, 1.807) is 23.7 Å². The first-order valence-corrected chi connectivity index (χ1v) is 8.90. The summed E-state index contributed by atoms with van der Waals surface area (Å²) in [6.45, 7) is 3.81. The van der Waals surface area contributed by atoms with Gasteiger partial charge >= 0.3 is 0 Å². The number of benzene rings is 2. The normalized spacial score (nSPS) is 10.8. The summed E-state index contributed by atoms with van der Waals surface area (Å²) in [5.41, 5.74) is 3.39. The summed E-state index contributed by atoms with van der Waals surface area (Å²) >= 11 is 0. The van der Waals surface area contributed by atoms with Crippen molar-refractivity contribution in [3.05, 3.63) is 95.7 Å². The van der Waals surface area contributed by atoms with E-state index < -0.39 is 5.82 Å². The fourth-order valence-corrected chi connectivity index (χ4v) is 3.12. The molecule has 28 heavy (non-hydrogen) atoms. The molecule has 4 rings (SSSR count). The zero-order valence-corrected chi connectivity index (χ0v) is 15.6. The highest BCUT2D eigenvalue weighted by Gasteiger charge is 2.23.